The summed E-state index contributed by atoms with van der Waals surface area (Å²) >= 11 is 5.89. The van der Waals surface area contributed by atoms with Gasteiger partial charge in [0.2, 0.25) is 0 Å². The van der Waals surface area contributed by atoms with E-state index in [1.54, 1.807) is 42.5 Å². The average Bonchev–Trinajstić information content (AvgIpc) is 2.94. The van der Waals surface area contributed by atoms with Gasteiger partial charge in [-0.05, 0) is 65.4 Å². The number of carbonyl (C=O) groups excluding carboxylic acids is 1. The Morgan fingerprint density at radius 3 is 2.57 bits per heavy atom. The Labute approximate surface area is 135 Å². The lowest BCUT2D eigenvalue weighted by atomic mass is 10.1. The second-order valence-electron chi connectivity index (χ2n) is 4.88. The zero-order valence-electron chi connectivity index (χ0n) is 12.1. The summed E-state index contributed by atoms with van der Waals surface area (Å²) in [5.74, 6) is -0.231. The smallest absolute Gasteiger partial charge is 0.322 e. The molecule has 2 N–H and O–H groups in total. The normalized spacial score (nSPS) is 10.5. The Bertz CT molecular complexity index is 914. The molecule has 8 heteroatoms. The third-order valence-electron chi connectivity index (χ3n) is 3.27. The highest BCUT2D eigenvalue weighted by atomic mass is 35.5. The van der Waals surface area contributed by atoms with Crippen LogP contribution in [0.5, 0.6) is 0 Å². The molecule has 1 heterocycles. The number of tetrazole rings is 1. The SMILES string of the molecule is Cc1cc(Cl)ccc1C(=O)Nc1ccc(-n2nn[nH]c2=O)cc1. The van der Waals surface area contributed by atoms with Gasteiger partial charge in [0.25, 0.3) is 5.91 Å². The van der Waals surface area contributed by atoms with Crippen molar-refractivity contribution in [2.24, 2.45) is 0 Å². The van der Waals surface area contributed by atoms with E-state index in [-0.39, 0.29) is 5.91 Å². The van der Waals surface area contributed by atoms with Crippen LogP contribution in [-0.2, 0) is 0 Å². The second-order valence-corrected chi connectivity index (χ2v) is 5.31. The van der Waals surface area contributed by atoms with Gasteiger partial charge >= 0.3 is 5.69 Å². The minimum absolute atomic E-state index is 0.231. The van der Waals surface area contributed by atoms with Gasteiger partial charge in [0, 0.05) is 16.3 Å². The van der Waals surface area contributed by atoms with Crippen molar-refractivity contribution in [3.05, 3.63) is 69.1 Å². The lowest BCUT2D eigenvalue weighted by molar-refractivity contribution is 0.102. The summed E-state index contributed by atoms with van der Waals surface area (Å²) in [4.78, 5) is 23.7. The number of nitrogens with one attached hydrogen (secondary N) is 2. The molecule has 1 amide bonds. The number of anilines is 1. The van der Waals surface area contributed by atoms with Crippen LogP contribution in [0.2, 0.25) is 5.02 Å². The van der Waals surface area contributed by atoms with Gasteiger partial charge in [0.15, 0.2) is 0 Å². The first-order valence-electron chi connectivity index (χ1n) is 6.73. The minimum Gasteiger partial charge on any atom is -0.322 e. The number of aromatic amines is 1. The van der Waals surface area contributed by atoms with Crippen molar-refractivity contribution >= 4 is 23.2 Å². The van der Waals surface area contributed by atoms with E-state index in [1.807, 2.05) is 6.92 Å². The van der Waals surface area contributed by atoms with Crippen molar-refractivity contribution in [3.63, 3.8) is 0 Å². The number of H-pyrrole nitrogens is 1. The fourth-order valence-corrected chi connectivity index (χ4v) is 2.36. The van der Waals surface area contributed by atoms with Crippen molar-refractivity contribution in [1.82, 2.24) is 20.2 Å². The van der Waals surface area contributed by atoms with Crippen molar-refractivity contribution in [2.75, 3.05) is 5.32 Å². The second kappa shape index (κ2) is 6.05. The van der Waals surface area contributed by atoms with Crippen LogP contribution in [0.15, 0.2) is 47.3 Å². The molecule has 0 atom stereocenters. The summed E-state index contributed by atoms with van der Waals surface area (Å²) in [5.41, 5.74) is 2.06. The molecule has 0 saturated heterocycles. The predicted molar refractivity (Wildman–Crippen MR) is 86.1 cm³/mol. The lowest BCUT2D eigenvalue weighted by Gasteiger charge is -2.08. The number of aryl methyl sites for hydroxylation is 1. The third-order valence-corrected chi connectivity index (χ3v) is 3.51. The fraction of sp³-hybridized carbons (Fsp3) is 0.0667. The highest BCUT2D eigenvalue weighted by Gasteiger charge is 2.10. The molecule has 0 unspecified atom stereocenters. The Balaban J connectivity index is 1.79. The molecule has 0 aliphatic carbocycles. The van der Waals surface area contributed by atoms with Crippen LogP contribution >= 0.6 is 11.6 Å². The summed E-state index contributed by atoms with van der Waals surface area (Å²) in [6, 6.07) is 11.8. The lowest BCUT2D eigenvalue weighted by Crippen LogP contribution is -2.16. The van der Waals surface area contributed by atoms with Crippen LogP contribution in [0.25, 0.3) is 5.69 Å². The number of benzene rings is 2. The summed E-state index contributed by atoms with van der Waals surface area (Å²) in [7, 11) is 0. The highest BCUT2D eigenvalue weighted by molar-refractivity contribution is 6.30. The van der Waals surface area contributed by atoms with Gasteiger partial charge in [-0.25, -0.2) is 9.89 Å². The Kier molecular flexibility index (Phi) is 3.94. The molecule has 23 heavy (non-hydrogen) atoms. The first-order chi connectivity index (χ1) is 11.0. The zero-order valence-corrected chi connectivity index (χ0v) is 12.8. The van der Waals surface area contributed by atoms with E-state index in [4.69, 9.17) is 11.6 Å². The Hall–Kier alpha value is -2.93. The van der Waals surface area contributed by atoms with Gasteiger partial charge in [-0.1, -0.05) is 11.6 Å². The van der Waals surface area contributed by atoms with Crippen molar-refractivity contribution in [2.45, 2.75) is 6.92 Å². The van der Waals surface area contributed by atoms with E-state index in [0.29, 0.717) is 22.0 Å². The van der Waals surface area contributed by atoms with Gasteiger partial charge in [-0.15, -0.1) is 0 Å². The van der Waals surface area contributed by atoms with Crippen LogP contribution in [0.3, 0.4) is 0 Å². The monoisotopic (exact) mass is 329 g/mol. The largest absolute Gasteiger partial charge is 0.365 e. The van der Waals surface area contributed by atoms with Gasteiger partial charge in [0.05, 0.1) is 5.69 Å². The number of rotatable bonds is 3. The standard InChI is InChI=1S/C15H12ClN5O2/c1-9-8-10(16)2-7-13(9)14(22)17-11-3-5-12(6-4-11)21-15(23)18-19-20-21/h2-8H,1H3,(H,17,22)(H,18,20,23). The van der Waals surface area contributed by atoms with Crippen molar-refractivity contribution in [1.29, 1.82) is 0 Å². The maximum Gasteiger partial charge on any atom is 0.365 e. The van der Waals surface area contributed by atoms with E-state index in [0.717, 1.165) is 10.2 Å². The Morgan fingerprint density at radius 2 is 1.96 bits per heavy atom. The number of nitrogens with zero attached hydrogens (tertiary/aromatic N) is 3. The van der Waals surface area contributed by atoms with Gasteiger partial charge < -0.3 is 5.32 Å². The summed E-state index contributed by atoms with van der Waals surface area (Å²) in [5, 5.41) is 12.7. The van der Waals surface area contributed by atoms with Crippen LogP contribution in [0.4, 0.5) is 5.69 Å². The Morgan fingerprint density at radius 1 is 1.22 bits per heavy atom. The molecular formula is C15H12ClN5O2. The molecular weight excluding hydrogens is 318 g/mol. The van der Waals surface area contributed by atoms with Crippen molar-refractivity contribution in [3.8, 4) is 5.69 Å². The van der Waals surface area contributed by atoms with E-state index in [2.05, 4.69) is 20.8 Å². The highest BCUT2D eigenvalue weighted by Crippen LogP contribution is 2.17. The molecule has 0 aliphatic rings. The number of halogens is 1. The topological polar surface area (TPSA) is 92.7 Å². The molecule has 0 aliphatic heterocycles. The molecule has 7 nitrogen and oxygen atoms in total. The minimum atomic E-state index is -0.432. The number of aromatic nitrogens is 4. The number of amides is 1. The van der Waals surface area contributed by atoms with Crippen LogP contribution in [0, 0.1) is 6.92 Å². The van der Waals surface area contributed by atoms with E-state index in [1.165, 1.54) is 0 Å². The molecule has 0 bridgehead atoms. The van der Waals surface area contributed by atoms with E-state index >= 15 is 0 Å². The molecule has 0 saturated carbocycles. The van der Waals surface area contributed by atoms with Gasteiger partial charge in [-0.2, -0.15) is 4.68 Å². The molecule has 3 aromatic rings. The molecule has 1 aromatic heterocycles. The van der Waals surface area contributed by atoms with Gasteiger partial charge in [-0.3, -0.25) is 4.79 Å². The number of hydrogen-bond acceptors (Lipinski definition) is 4. The average molecular weight is 330 g/mol. The van der Waals surface area contributed by atoms with E-state index < -0.39 is 5.69 Å². The summed E-state index contributed by atoms with van der Waals surface area (Å²) in [6.45, 7) is 1.82. The van der Waals surface area contributed by atoms with Crippen LogP contribution in [-0.4, -0.2) is 26.1 Å². The number of carbonyl (C=O) groups is 1. The summed E-state index contributed by atoms with van der Waals surface area (Å²) < 4.78 is 1.12. The van der Waals surface area contributed by atoms with Gasteiger partial charge in [0.1, 0.15) is 0 Å². The fourth-order valence-electron chi connectivity index (χ4n) is 2.13. The van der Waals surface area contributed by atoms with E-state index in [9.17, 15) is 9.59 Å². The predicted octanol–water partition coefficient (Wildman–Crippen LogP) is 2.17. The molecule has 0 spiro atoms. The van der Waals surface area contributed by atoms with Crippen molar-refractivity contribution < 1.29 is 4.79 Å². The van der Waals surface area contributed by atoms with Crippen LogP contribution < -0.4 is 11.0 Å². The summed E-state index contributed by atoms with van der Waals surface area (Å²) in [6.07, 6.45) is 0. The maximum absolute atomic E-state index is 12.3. The molecule has 0 fully saturated rings. The van der Waals surface area contributed by atoms with Crippen LogP contribution in [0.1, 0.15) is 15.9 Å². The third kappa shape index (κ3) is 3.14. The molecule has 2 aromatic carbocycles. The molecule has 3 rings (SSSR count). The zero-order chi connectivity index (χ0) is 16.4. The number of hydrogen-bond donors (Lipinski definition) is 2. The first kappa shape index (κ1) is 15.0. The quantitative estimate of drug-likeness (QED) is 0.770. The molecule has 0 radical (unpaired) electrons. The molecule has 116 valence electrons. The maximum atomic E-state index is 12.3. The first-order valence-corrected chi connectivity index (χ1v) is 7.11.